The van der Waals surface area contributed by atoms with E-state index >= 15 is 0 Å². The molecule has 11 heteroatoms. The molecule has 4 rings (SSSR count). The fraction of sp³-hybridized carbons (Fsp3) is 0.217. The Hall–Kier alpha value is -3.86. The van der Waals surface area contributed by atoms with E-state index in [1.807, 2.05) is 6.92 Å². The Labute approximate surface area is 198 Å². The van der Waals surface area contributed by atoms with E-state index in [2.05, 4.69) is 25.6 Å². The zero-order chi connectivity index (χ0) is 24.1. The minimum Gasteiger partial charge on any atom is -0.493 e. The van der Waals surface area contributed by atoms with Crippen molar-refractivity contribution in [3.05, 3.63) is 59.4 Å². The highest BCUT2D eigenvalue weighted by molar-refractivity contribution is 7.15. The number of thiazole rings is 1. The molecule has 0 unspecified atom stereocenters. The van der Waals surface area contributed by atoms with Crippen LogP contribution in [-0.4, -0.2) is 34.6 Å². The number of methoxy groups -OCH3 is 1. The van der Waals surface area contributed by atoms with Gasteiger partial charge in [0.05, 0.1) is 25.7 Å². The highest BCUT2D eigenvalue weighted by Crippen LogP contribution is 2.35. The summed E-state index contributed by atoms with van der Waals surface area (Å²) in [6.45, 7) is 2.58. The minimum absolute atomic E-state index is 0.0226. The molecule has 8 nitrogen and oxygen atoms in total. The number of ether oxygens (including phenoxy) is 2. The van der Waals surface area contributed by atoms with Crippen molar-refractivity contribution in [2.24, 2.45) is 0 Å². The average molecular weight is 486 g/mol. The van der Waals surface area contributed by atoms with E-state index in [0.29, 0.717) is 39.4 Å². The van der Waals surface area contributed by atoms with Crippen molar-refractivity contribution in [3.63, 3.8) is 0 Å². The third kappa shape index (κ3) is 5.37. The molecule has 0 fully saturated rings. The predicted molar refractivity (Wildman–Crippen MR) is 126 cm³/mol. The smallest absolute Gasteiger partial charge is 0.229 e. The molecule has 0 spiro atoms. The van der Waals surface area contributed by atoms with Gasteiger partial charge < -0.3 is 20.1 Å². The molecule has 0 aliphatic carbocycles. The van der Waals surface area contributed by atoms with E-state index in [4.69, 9.17) is 9.47 Å². The molecule has 34 heavy (non-hydrogen) atoms. The Balaban J connectivity index is 1.48. The molecule has 0 bridgehead atoms. The van der Waals surface area contributed by atoms with Gasteiger partial charge in [0.25, 0.3) is 0 Å². The van der Waals surface area contributed by atoms with E-state index in [1.54, 1.807) is 25.4 Å². The Morgan fingerprint density at radius 3 is 2.71 bits per heavy atom. The highest BCUT2D eigenvalue weighted by atomic mass is 32.1. The number of amides is 1. The SMILES string of the molecule is CCCOc1cc2ncnc(Nc3ncc(CC(=O)Nc4ccc(F)c(F)c4)s3)c2cc1OC. The van der Waals surface area contributed by atoms with Crippen LogP contribution in [0.5, 0.6) is 11.5 Å². The van der Waals surface area contributed by atoms with Crippen molar-refractivity contribution in [1.82, 2.24) is 15.0 Å². The van der Waals surface area contributed by atoms with Gasteiger partial charge in [-0.1, -0.05) is 6.92 Å². The van der Waals surface area contributed by atoms with Gasteiger partial charge in [0.1, 0.15) is 12.1 Å². The lowest BCUT2D eigenvalue weighted by molar-refractivity contribution is -0.115. The maximum Gasteiger partial charge on any atom is 0.229 e. The molecule has 0 saturated carbocycles. The van der Waals surface area contributed by atoms with Gasteiger partial charge in [0.15, 0.2) is 28.3 Å². The fourth-order valence-corrected chi connectivity index (χ4v) is 3.94. The number of nitrogens with zero attached hydrogens (tertiary/aromatic N) is 3. The molecule has 1 amide bonds. The van der Waals surface area contributed by atoms with Crippen molar-refractivity contribution in [2.75, 3.05) is 24.4 Å². The summed E-state index contributed by atoms with van der Waals surface area (Å²) in [5.74, 6) is -0.691. The number of hydrogen-bond acceptors (Lipinski definition) is 8. The number of hydrogen-bond donors (Lipinski definition) is 2. The number of carbonyl (C=O) groups is 1. The number of carbonyl (C=O) groups excluding carboxylic acids is 1. The third-order valence-corrected chi connectivity index (χ3v) is 5.61. The Kier molecular flexibility index (Phi) is 7.12. The Bertz CT molecular complexity index is 1330. The lowest BCUT2D eigenvalue weighted by Crippen LogP contribution is -2.13. The van der Waals surface area contributed by atoms with Gasteiger partial charge in [0, 0.05) is 34.3 Å². The molecule has 176 valence electrons. The van der Waals surface area contributed by atoms with Crippen LogP contribution in [-0.2, 0) is 11.2 Å². The maximum atomic E-state index is 13.3. The van der Waals surface area contributed by atoms with Crippen molar-refractivity contribution < 1.29 is 23.0 Å². The first-order chi connectivity index (χ1) is 16.5. The zero-order valence-electron chi connectivity index (χ0n) is 18.4. The first kappa shape index (κ1) is 23.3. The van der Waals surface area contributed by atoms with Crippen molar-refractivity contribution >= 4 is 44.8 Å². The molecule has 4 aromatic rings. The number of benzene rings is 2. The molecule has 0 atom stereocenters. The van der Waals surface area contributed by atoms with Crippen LogP contribution in [0.4, 0.5) is 25.4 Å². The lowest BCUT2D eigenvalue weighted by atomic mass is 10.2. The standard InChI is InChI=1S/C23H21F2N5O3S/c1-3-6-33-20-10-18-15(9-19(20)32-2)22(28-12-27-18)30-23-26-11-14(34-23)8-21(31)29-13-4-5-16(24)17(25)7-13/h4-5,7,9-12H,3,6,8H2,1-2H3,(H,29,31)(H,26,27,28,30). The molecular formula is C23H21F2N5O3S. The Morgan fingerprint density at radius 2 is 1.94 bits per heavy atom. The van der Waals surface area contributed by atoms with Crippen LogP contribution < -0.4 is 20.1 Å². The van der Waals surface area contributed by atoms with Crippen molar-refractivity contribution in [2.45, 2.75) is 19.8 Å². The van der Waals surface area contributed by atoms with Gasteiger partial charge in [-0.15, -0.1) is 11.3 Å². The van der Waals surface area contributed by atoms with E-state index in [1.165, 1.54) is 23.7 Å². The molecule has 2 aromatic heterocycles. The van der Waals surface area contributed by atoms with Gasteiger partial charge in [-0.05, 0) is 24.6 Å². The quantitative estimate of drug-likeness (QED) is 0.341. The molecule has 0 radical (unpaired) electrons. The summed E-state index contributed by atoms with van der Waals surface area (Å²) in [5.41, 5.74) is 0.850. The molecule has 2 N–H and O–H groups in total. The maximum absolute atomic E-state index is 13.3. The van der Waals surface area contributed by atoms with E-state index in [-0.39, 0.29) is 18.0 Å². The van der Waals surface area contributed by atoms with Crippen LogP contribution in [0.2, 0.25) is 0 Å². The highest BCUT2D eigenvalue weighted by Gasteiger charge is 2.14. The first-order valence-electron chi connectivity index (χ1n) is 10.4. The molecule has 2 heterocycles. The van der Waals surface area contributed by atoms with Crippen LogP contribution in [0.3, 0.4) is 0 Å². The molecule has 0 aliphatic rings. The second-order valence-corrected chi connectivity index (χ2v) is 8.32. The molecule has 0 saturated heterocycles. The normalized spacial score (nSPS) is 10.8. The third-order valence-electron chi connectivity index (χ3n) is 4.70. The number of nitrogens with one attached hydrogen (secondary N) is 2. The number of fused-ring (bicyclic) bond motifs is 1. The van der Waals surface area contributed by atoms with Crippen molar-refractivity contribution in [3.8, 4) is 11.5 Å². The number of anilines is 3. The summed E-state index contributed by atoms with van der Waals surface area (Å²) in [4.78, 5) is 25.9. The Morgan fingerprint density at radius 1 is 1.09 bits per heavy atom. The molecular weight excluding hydrogens is 464 g/mol. The largest absolute Gasteiger partial charge is 0.493 e. The van der Waals surface area contributed by atoms with Crippen LogP contribution in [0.1, 0.15) is 18.2 Å². The number of aromatic nitrogens is 3. The van der Waals surface area contributed by atoms with Crippen LogP contribution in [0.15, 0.2) is 42.9 Å². The zero-order valence-corrected chi connectivity index (χ0v) is 19.2. The van der Waals surface area contributed by atoms with Gasteiger partial charge >= 0.3 is 0 Å². The first-order valence-corrected chi connectivity index (χ1v) is 11.2. The monoisotopic (exact) mass is 485 g/mol. The lowest BCUT2D eigenvalue weighted by Gasteiger charge is -2.12. The summed E-state index contributed by atoms with van der Waals surface area (Å²) in [5, 5.41) is 6.94. The summed E-state index contributed by atoms with van der Waals surface area (Å²) in [7, 11) is 1.56. The summed E-state index contributed by atoms with van der Waals surface area (Å²) >= 11 is 1.27. The van der Waals surface area contributed by atoms with E-state index < -0.39 is 11.6 Å². The van der Waals surface area contributed by atoms with E-state index in [0.717, 1.165) is 23.9 Å². The summed E-state index contributed by atoms with van der Waals surface area (Å²) in [6.07, 6.45) is 3.89. The second kappa shape index (κ2) is 10.4. The fourth-order valence-electron chi connectivity index (χ4n) is 3.13. The van der Waals surface area contributed by atoms with Gasteiger partial charge in [-0.25, -0.2) is 23.7 Å². The summed E-state index contributed by atoms with van der Waals surface area (Å²) < 4.78 is 37.6. The average Bonchev–Trinajstić information content (AvgIpc) is 3.26. The van der Waals surface area contributed by atoms with Crippen LogP contribution in [0.25, 0.3) is 10.9 Å². The van der Waals surface area contributed by atoms with Gasteiger partial charge in [0.2, 0.25) is 5.91 Å². The molecule has 0 aliphatic heterocycles. The summed E-state index contributed by atoms with van der Waals surface area (Å²) in [6, 6.07) is 6.78. The van der Waals surface area contributed by atoms with E-state index in [9.17, 15) is 13.6 Å². The van der Waals surface area contributed by atoms with Gasteiger partial charge in [-0.2, -0.15) is 0 Å². The minimum atomic E-state index is -1.03. The molecule has 2 aromatic carbocycles. The van der Waals surface area contributed by atoms with Crippen LogP contribution in [0, 0.1) is 11.6 Å². The second-order valence-electron chi connectivity index (χ2n) is 7.20. The number of rotatable bonds is 9. The van der Waals surface area contributed by atoms with Crippen molar-refractivity contribution in [1.29, 1.82) is 0 Å². The topological polar surface area (TPSA) is 98.3 Å². The predicted octanol–water partition coefficient (Wildman–Crippen LogP) is 5.09. The van der Waals surface area contributed by atoms with Gasteiger partial charge in [-0.3, -0.25) is 4.79 Å². The number of halogens is 2. The van der Waals surface area contributed by atoms with Crippen LogP contribution >= 0.6 is 11.3 Å².